The van der Waals surface area contributed by atoms with Crippen molar-refractivity contribution in [1.29, 1.82) is 0 Å². The summed E-state index contributed by atoms with van der Waals surface area (Å²) in [5, 5.41) is 0. The molecule has 2 atom stereocenters. The third-order valence-electron chi connectivity index (χ3n) is 3.28. The van der Waals surface area contributed by atoms with Crippen LogP contribution in [0, 0.1) is 5.92 Å². The van der Waals surface area contributed by atoms with E-state index < -0.39 is 0 Å². The Hall–Kier alpha value is -0.790. The SMILES string of the molecule is CCCC(C)c1cn(C(C)C(C)C)cn1. The van der Waals surface area contributed by atoms with Gasteiger partial charge in [0.15, 0.2) is 0 Å². The largest absolute Gasteiger partial charge is 0.334 e. The lowest BCUT2D eigenvalue weighted by Crippen LogP contribution is -2.09. The van der Waals surface area contributed by atoms with E-state index in [1.54, 1.807) is 0 Å². The maximum absolute atomic E-state index is 4.50. The van der Waals surface area contributed by atoms with E-state index in [1.807, 2.05) is 6.33 Å². The molecular weight excluding hydrogens is 184 g/mol. The first kappa shape index (κ1) is 12.3. The number of hydrogen-bond acceptors (Lipinski definition) is 1. The summed E-state index contributed by atoms with van der Waals surface area (Å²) < 4.78 is 2.24. The zero-order chi connectivity index (χ0) is 11.4. The third-order valence-corrected chi connectivity index (χ3v) is 3.28. The van der Waals surface area contributed by atoms with E-state index in [4.69, 9.17) is 0 Å². The maximum Gasteiger partial charge on any atom is 0.0952 e. The lowest BCUT2D eigenvalue weighted by molar-refractivity contribution is 0.407. The standard InChI is InChI=1S/C13H24N2/c1-6-7-11(4)13-8-15(9-14-13)12(5)10(2)3/h8-12H,6-7H2,1-5H3. The molecule has 1 heterocycles. The van der Waals surface area contributed by atoms with E-state index >= 15 is 0 Å². The Labute approximate surface area is 93.7 Å². The number of imidazole rings is 1. The molecule has 0 N–H and O–H groups in total. The highest BCUT2D eigenvalue weighted by Crippen LogP contribution is 2.22. The predicted molar refractivity (Wildman–Crippen MR) is 65.1 cm³/mol. The second-order valence-corrected chi connectivity index (χ2v) is 4.92. The van der Waals surface area contributed by atoms with Crippen molar-refractivity contribution >= 4 is 0 Å². The van der Waals surface area contributed by atoms with Crippen molar-refractivity contribution in [2.24, 2.45) is 5.92 Å². The Bertz CT molecular complexity index is 288. The molecule has 86 valence electrons. The minimum absolute atomic E-state index is 0.542. The maximum atomic E-state index is 4.50. The van der Waals surface area contributed by atoms with Gasteiger partial charge in [-0.1, -0.05) is 34.1 Å². The quantitative estimate of drug-likeness (QED) is 0.715. The fourth-order valence-corrected chi connectivity index (χ4v) is 1.76. The molecule has 0 saturated carbocycles. The van der Waals surface area contributed by atoms with Crippen molar-refractivity contribution in [3.8, 4) is 0 Å². The number of hydrogen-bond donors (Lipinski definition) is 0. The molecular formula is C13H24N2. The summed E-state index contributed by atoms with van der Waals surface area (Å²) in [6, 6.07) is 0.542. The van der Waals surface area contributed by atoms with Gasteiger partial charge in [-0.15, -0.1) is 0 Å². The fourth-order valence-electron chi connectivity index (χ4n) is 1.76. The van der Waals surface area contributed by atoms with Crippen molar-refractivity contribution in [2.75, 3.05) is 0 Å². The van der Waals surface area contributed by atoms with Gasteiger partial charge in [0.2, 0.25) is 0 Å². The van der Waals surface area contributed by atoms with Gasteiger partial charge in [-0.3, -0.25) is 0 Å². The van der Waals surface area contributed by atoms with Crippen LogP contribution in [0.2, 0.25) is 0 Å². The molecule has 0 spiro atoms. The van der Waals surface area contributed by atoms with Gasteiger partial charge in [0.05, 0.1) is 12.0 Å². The summed E-state index contributed by atoms with van der Waals surface area (Å²) in [6.07, 6.45) is 6.65. The molecule has 0 radical (unpaired) electrons. The van der Waals surface area contributed by atoms with Crippen LogP contribution in [0.5, 0.6) is 0 Å². The molecule has 0 saturated heterocycles. The Morgan fingerprint density at radius 2 is 1.93 bits per heavy atom. The van der Waals surface area contributed by atoms with Crippen molar-refractivity contribution in [1.82, 2.24) is 9.55 Å². The first-order valence-corrected chi connectivity index (χ1v) is 6.09. The van der Waals surface area contributed by atoms with E-state index in [0.717, 1.165) is 0 Å². The highest BCUT2D eigenvalue weighted by Gasteiger charge is 2.12. The van der Waals surface area contributed by atoms with Crippen LogP contribution < -0.4 is 0 Å². The Kier molecular flexibility index (Phi) is 4.37. The summed E-state index contributed by atoms with van der Waals surface area (Å²) in [4.78, 5) is 4.50. The molecule has 0 fully saturated rings. The minimum atomic E-state index is 0.542. The van der Waals surface area contributed by atoms with Gasteiger partial charge in [0.1, 0.15) is 0 Å². The van der Waals surface area contributed by atoms with Gasteiger partial charge in [-0.05, 0) is 25.2 Å². The molecule has 1 aromatic heterocycles. The number of aromatic nitrogens is 2. The van der Waals surface area contributed by atoms with E-state index in [2.05, 4.69) is 50.4 Å². The summed E-state index contributed by atoms with van der Waals surface area (Å²) in [5.41, 5.74) is 1.24. The van der Waals surface area contributed by atoms with E-state index in [0.29, 0.717) is 17.9 Å². The van der Waals surface area contributed by atoms with E-state index in [9.17, 15) is 0 Å². The van der Waals surface area contributed by atoms with Gasteiger partial charge in [0.25, 0.3) is 0 Å². The Balaban J connectivity index is 2.71. The third kappa shape index (κ3) is 3.08. The van der Waals surface area contributed by atoms with Crippen molar-refractivity contribution in [3.05, 3.63) is 18.2 Å². The van der Waals surface area contributed by atoms with Crippen LogP contribution in [0.4, 0.5) is 0 Å². The number of nitrogens with zero attached hydrogens (tertiary/aromatic N) is 2. The highest BCUT2D eigenvalue weighted by molar-refractivity contribution is 5.04. The second kappa shape index (κ2) is 5.34. The molecule has 15 heavy (non-hydrogen) atoms. The van der Waals surface area contributed by atoms with Crippen LogP contribution in [-0.4, -0.2) is 9.55 Å². The normalized spacial score (nSPS) is 15.6. The molecule has 0 bridgehead atoms. The summed E-state index contributed by atoms with van der Waals surface area (Å²) in [5.74, 6) is 1.25. The summed E-state index contributed by atoms with van der Waals surface area (Å²) in [7, 11) is 0. The zero-order valence-electron chi connectivity index (χ0n) is 10.7. The Morgan fingerprint density at radius 3 is 2.47 bits per heavy atom. The van der Waals surface area contributed by atoms with Crippen molar-refractivity contribution < 1.29 is 0 Å². The topological polar surface area (TPSA) is 17.8 Å². The zero-order valence-corrected chi connectivity index (χ0v) is 10.7. The molecule has 2 nitrogen and oxygen atoms in total. The van der Waals surface area contributed by atoms with E-state index in [-0.39, 0.29) is 0 Å². The average molecular weight is 208 g/mol. The van der Waals surface area contributed by atoms with Gasteiger partial charge >= 0.3 is 0 Å². The highest BCUT2D eigenvalue weighted by atomic mass is 15.1. The molecule has 0 aliphatic carbocycles. The van der Waals surface area contributed by atoms with Gasteiger partial charge in [-0.2, -0.15) is 0 Å². The van der Waals surface area contributed by atoms with Crippen LogP contribution in [0.1, 0.15) is 65.1 Å². The van der Waals surface area contributed by atoms with Crippen LogP contribution in [-0.2, 0) is 0 Å². The lowest BCUT2D eigenvalue weighted by atomic mass is 10.0. The average Bonchev–Trinajstić information content (AvgIpc) is 2.65. The van der Waals surface area contributed by atoms with Gasteiger partial charge in [0, 0.05) is 12.2 Å². The van der Waals surface area contributed by atoms with Crippen LogP contribution in [0.15, 0.2) is 12.5 Å². The second-order valence-electron chi connectivity index (χ2n) is 4.92. The summed E-state index contributed by atoms with van der Waals surface area (Å²) >= 11 is 0. The summed E-state index contributed by atoms with van der Waals surface area (Å²) in [6.45, 7) is 11.2. The van der Waals surface area contributed by atoms with Crippen LogP contribution in [0.25, 0.3) is 0 Å². The molecule has 0 amide bonds. The molecule has 2 unspecified atom stereocenters. The van der Waals surface area contributed by atoms with Crippen molar-refractivity contribution in [2.45, 2.75) is 59.4 Å². The first-order chi connectivity index (χ1) is 7.06. The first-order valence-electron chi connectivity index (χ1n) is 6.09. The molecule has 0 aliphatic heterocycles. The molecule has 0 aromatic carbocycles. The van der Waals surface area contributed by atoms with E-state index in [1.165, 1.54) is 18.5 Å². The minimum Gasteiger partial charge on any atom is -0.334 e. The molecule has 0 aliphatic rings. The smallest absolute Gasteiger partial charge is 0.0952 e. The lowest BCUT2D eigenvalue weighted by Gasteiger charge is -2.16. The molecule has 1 aromatic rings. The number of rotatable bonds is 5. The van der Waals surface area contributed by atoms with Gasteiger partial charge in [-0.25, -0.2) is 4.98 Å². The Morgan fingerprint density at radius 1 is 1.27 bits per heavy atom. The monoisotopic (exact) mass is 208 g/mol. The molecule has 2 heteroatoms. The van der Waals surface area contributed by atoms with Crippen molar-refractivity contribution in [3.63, 3.8) is 0 Å². The fraction of sp³-hybridized carbons (Fsp3) is 0.769. The molecule has 1 rings (SSSR count). The van der Waals surface area contributed by atoms with Crippen LogP contribution in [0.3, 0.4) is 0 Å². The predicted octanol–water partition coefficient (Wildman–Crippen LogP) is 4.00. The van der Waals surface area contributed by atoms with Crippen LogP contribution >= 0.6 is 0 Å². The van der Waals surface area contributed by atoms with Gasteiger partial charge < -0.3 is 4.57 Å².